The van der Waals surface area contributed by atoms with Crippen LogP contribution in [0.2, 0.25) is 0 Å². The lowest BCUT2D eigenvalue weighted by atomic mass is 10.1. The normalized spacial score (nSPS) is 10.1. The van der Waals surface area contributed by atoms with Crippen molar-refractivity contribution in [2.45, 2.75) is 0 Å². The Labute approximate surface area is 107 Å². The second-order valence-corrected chi connectivity index (χ2v) is 3.80. The lowest BCUT2D eigenvalue weighted by Gasteiger charge is -2.04. The predicted molar refractivity (Wildman–Crippen MR) is 66.5 cm³/mol. The van der Waals surface area contributed by atoms with Gasteiger partial charge in [0.05, 0.1) is 4.92 Å². The van der Waals surface area contributed by atoms with Crippen molar-refractivity contribution < 1.29 is 9.72 Å². The largest absolute Gasteiger partial charge is 0.307 e. The van der Waals surface area contributed by atoms with Crippen molar-refractivity contribution in [3.63, 3.8) is 0 Å². The minimum absolute atomic E-state index is 0.132. The lowest BCUT2D eigenvalue weighted by molar-refractivity contribution is -0.384. The third kappa shape index (κ3) is 2.21. The van der Waals surface area contributed by atoms with Gasteiger partial charge in [-0.2, -0.15) is 0 Å². The van der Waals surface area contributed by atoms with Crippen LogP contribution in [0.1, 0.15) is 10.4 Å². The molecule has 0 saturated heterocycles. The Hall–Kier alpha value is -2.27. The number of aromatic nitrogens is 1. The van der Waals surface area contributed by atoms with Crippen molar-refractivity contribution >= 4 is 22.5 Å². The molecule has 6 heteroatoms. The van der Waals surface area contributed by atoms with E-state index in [-0.39, 0.29) is 16.9 Å². The van der Waals surface area contributed by atoms with Gasteiger partial charge in [-0.3, -0.25) is 14.9 Å². The number of hydrogen-bond acceptors (Lipinski definition) is 4. The molecule has 0 radical (unpaired) electrons. The Morgan fingerprint density at radius 3 is 2.44 bits per heavy atom. The van der Waals surface area contributed by atoms with Crippen molar-refractivity contribution in [2.75, 3.05) is 0 Å². The van der Waals surface area contributed by atoms with Crippen molar-refractivity contribution in [1.82, 2.24) is 4.98 Å². The molecule has 0 aliphatic heterocycles. The highest BCUT2D eigenvalue weighted by Gasteiger charge is 2.25. The van der Waals surface area contributed by atoms with Crippen LogP contribution in [0.15, 0.2) is 42.6 Å². The number of carbonyl (C=O) groups excluding carboxylic acids is 1. The van der Waals surface area contributed by atoms with Crippen LogP contribution < -0.4 is 0 Å². The molecule has 5 nitrogen and oxygen atoms in total. The van der Waals surface area contributed by atoms with Gasteiger partial charge >= 0.3 is 5.69 Å². The molecule has 0 saturated carbocycles. The average Bonchev–Trinajstić information content (AvgIpc) is 2.38. The summed E-state index contributed by atoms with van der Waals surface area (Å²) in [6.07, 6.45) is 1.32. The molecule has 1 aromatic carbocycles. The summed E-state index contributed by atoms with van der Waals surface area (Å²) in [7, 11) is 0. The third-order valence-corrected chi connectivity index (χ3v) is 2.57. The minimum Gasteiger partial charge on any atom is -0.275 e. The fourth-order valence-corrected chi connectivity index (χ4v) is 1.76. The molecule has 0 spiro atoms. The molecule has 0 unspecified atom stereocenters. The zero-order chi connectivity index (χ0) is 13.1. The lowest BCUT2D eigenvalue weighted by Crippen LogP contribution is -2.02. The fourth-order valence-electron chi connectivity index (χ4n) is 1.60. The molecule has 0 aliphatic carbocycles. The van der Waals surface area contributed by atoms with Crippen LogP contribution in [-0.4, -0.2) is 15.1 Å². The first-order valence-electron chi connectivity index (χ1n) is 5.00. The molecule has 2 aromatic rings. The van der Waals surface area contributed by atoms with Gasteiger partial charge in [0.1, 0.15) is 11.3 Å². The van der Waals surface area contributed by atoms with E-state index in [1.165, 1.54) is 12.3 Å². The number of nitrogens with zero attached hydrogens (tertiary/aromatic N) is 2. The van der Waals surface area contributed by atoms with Crippen LogP contribution in [0, 0.1) is 10.1 Å². The highest BCUT2D eigenvalue weighted by Crippen LogP contribution is 2.31. The predicted octanol–water partition coefficient (Wildman–Crippen LogP) is 3.04. The van der Waals surface area contributed by atoms with E-state index in [0.717, 1.165) is 0 Å². The Kier molecular flexibility index (Phi) is 3.34. The van der Waals surface area contributed by atoms with Gasteiger partial charge in [0.25, 0.3) is 5.24 Å². The van der Waals surface area contributed by atoms with Crippen molar-refractivity contribution in [3.8, 4) is 11.3 Å². The number of rotatable bonds is 3. The van der Waals surface area contributed by atoms with Crippen molar-refractivity contribution in [2.24, 2.45) is 0 Å². The van der Waals surface area contributed by atoms with Gasteiger partial charge in [-0.15, -0.1) is 0 Å². The second-order valence-electron chi connectivity index (χ2n) is 3.45. The van der Waals surface area contributed by atoms with E-state index in [1.54, 1.807) is 30.3 Å². The molecule has 1 heterocycles. The number of pyridine rings is 1. The summed E-state index contributed by atoms with van der Waals surface area (Å²) in [6.45, 7) is 0. The van der Waals surface area contributed by atoms with E-state index in [9.17, 15) is 14.9 Å². The van der Waals surface area contributed by atoms with Crippen molar-refractivity contribution in [1.29, 1.82) is 0 Å². The van der Waals surface area contributed by atoms with Crippen LogP contribution in [-0.2, 0) is 0 Å². The Morgan fingerprint density at radius 2 is 1.89 bits per heavy atom. The number of hydrogen-bond donors (Lipinski definition) is 0. The summed E-state index contributed by atoms with van der Waals surface area (Å²) < 4.78 is 0. The summed E-state index contributed by atoms with van der Waals surface area (Å²) in [5, 5.41) is 10.2. The monoisotopic (exact) mass is 262 g/mol. The van der Waals surface area contributed by atoms with Gasteiger partial charge in [0.15, 0.2) is 0 Å². The Morgan fingerprint density at radius 1 is 1.22 bits per heavy atom. The molecule has 0 atom stereocenters. The maximum absolute atomic E-state index is 11.2. The fraction of sp³-hybridized carbons (Fsp3) is 0. The number of halogens is 1. The zero-order valence-corrected chi connectivity index (χ0v) is 9.79. The maximum Gasteiger partial charge on any atom is 0.307 e. The highest BCUT2D eigenvalue weighted by molar-refractivity contribution is 6.68. The van der Waals surface area contributed by atoms with E-state index < -0.39 is 10.2 Å². The van der Waals surface area contributed by atoms with Gasteiger partial charge in [-0.05, 0) is 17.7 Å². The molecule has 0 fully saturated rings. The smallest absolute Gasteiger partial charge is 0.275 e. The van der Waals surface area contributed by atoms with Gasteiger partial charge < -0.3 is 0 Å². The van der Waals surface area contributed by atoms with E-state index >= 15 is 0 Å². The average molecular weight is 263 g/mol. The molecule has 0 bridgehead atoms. The topological polar surface area (TPSA) is 73.1 Å². The first kappa shape index (κ1) is 12.2. The Balaban J connectivity index is 2.72. The first-order valence-corrected chi connectivity index (χ1v) is 5.37. The molecule has 2 rings (SSSR count). The standard InChI is InChI=1S/C12H7ClN2O3/c13-12(16)9-6-7-14-10(11(9)15(17)18)8-4-2-1-3-5-8/h1-7H. The van der Waals surface area contributed by atoms with Crippen LogP contribution in [0.5, 0.6) is 0 Å². The zero-order valence-electron chi connectivity index (χ0n) is 9.04. The van der Waals surface area contributed by atoms with Crippen LogP contribution in [0.25, 0.3) is 11.3 Å². The van der Waals surface area contributed by atoms with Crippen LogP contribution in [0.4, 0.5) is 5.69 Å². The van der Waals surface area contributed by atoms with Gasteiger partial charge in [0.2, 0.25) is 0 Å². The summed E-state index contributed by atoms with van der Waals surface area (Å²) >= 11 is 5.34. The molecular formula is C12H7ClN2O3. The van der Waals surface area contributed by atoms with Crippen molar-refractivity contribution in [3.05, 3.63) is 58.3 Å². The summed E-state index contributed by atoms with van der Waals surface area (Å²) in [5.41, 5.74) is 0.162. The first-order chi connectivity index (χ1) is 8.61. The van der Waals surface area contributed by atoms with Gasteiger partial charge in [-0.25, -0.2) is 4.98 Å². The molecule has 90 valence electrons. The third-order valence-electron chi connectivity index (χ3n) is 2.37. The number of benzene rings is 1. The minimum atomic E-state index is -0.874. The van der Waals surface area contributed by atoms with E-state index in [0.29, 0.717) is 5.56 Å². The number of nitro groups is 1. The molecule has 0 N–H and O–H groups in total. The Bertz CT molecular complexity index is 614. The summed E-state index contributed by atoms with van der Waals surface area (Å²) in [5.74, 6) is 0. The SMILES string of the molecule is O=C(Cl)c1ccnc(-c2ccccc2)c1[N+](=O)[O-]. The molecule has 0 amide bonds. The quantitative estimate of drug-likeness (QED) is 0.484. The molecular weight excluding hydrogens is 256 g/mol. The molecule has 0 aliphatic rings. The van der Waals surface area contributed by atoms with E-state index in [1.807, 2.05) is 0 Å². The van der Waals surface area contributed by atoms with E-state index in [2.05, 4.69) is 4.98 Å². The second kappa shape index (κ2) is 4.93. The van der Waals surface area contributed by atoms with Crippen LogP contribution in [0.3, 0.4) is 0 Å². The maximum atomic E-state index is 11.2. The van der Waals surface area contributed by atoms with Gasteiger partial charge in [-0.1, -0.05) is 30.3 Å². The van der Waals surface area contributed by atoms with Gasteiger partial charge in [0, 0.05) is 11.8 Å². The van der Waals surface area contributed by atoms with Crippen LogP contribution >= 0.6 is 11.6 Å². The summed E-state index contributed by atoms with van der Waals surface area (Å²) in [6, 6.07) is 9.84. The number of carbonyl (C=O) groups is 1. The highest BCUT2D eigenvalue weighted by atomic mass is 35.5. The van der Waals surface area contributed by atoms with E-state index in [4.69, 9.17) is 11.6 Å². The molecule has 1 aromatic heterocycles. The molecule has 18 heavy (non-hydrogen) atoms. The summed E-state index contributed by atoms with van der Waals surface area (Å²) in [4.78, 5) is 25.6.